The Morgan fingerprint density at radius 1 is 0.774 bits per heavy atom. The molecule has 8 N–H and O–H groups in total. The van der Waals surface area contributed by atoms with Crippen molar-refractivity contribution < 1.29 is 74.0 Å². The molecule has 1 unspecified atom stereocenters. The van der Waals surface area contributed by atoms with Crippen LogP contribution < -0.4 is 0 Å². The Morgan fingerprint density at radius 2 is 1.49 bits per heavy atom. The summed E-state index contributed by atoms with van der Waals surface area (Å²) in [6.45, 7) is 8.38. The molecule has 1 spiro atoms. The van der Waals surface area contributed by atoms with Crippen LogP contribution in [0, 0.1) is 40.4 Å². The highest BCUT2D eigenvalue weighted by Crippen LogP contribution is 2.69. The highest BCUT2D eigenvalue weighted by atomic mass is 16.8. The molecule has 3 saturated carbocycles. The van der Waals surface area contributed by atoms with Crippen LogP contribution in [0.15, 0.2) is 11.6 Å². The summed E-state index contributed by atoms with van der Waals surface area (Å²) in [6, 6.07) is 0. The summed E-state index contributed by atoms with van der Waals surface area (Å²) in [5, 5.41) is 88.8. The third-order valence-electron chi connectivity index (χ3n) is 15.3. The monoisotopic (exact) mass is 756 g/mol. The number of ether oxygens (including phenoxy) is 7. The molecule has 15 heteroatoms. The molecule has 8 aliphatic rings. The fourth-order valence-corrected chi connectivity index (χ4v) is 12.0. The predicted octanol–water partition coefficient (Wildman–Crippen LogP) is -0.332. The van der Waals surface area contributed by atoms with Crippen molar-refractivity contribution in [1.29, 1.82) is 0 Å². The molecule has 4 aliphatic heterocycles. The van der Waals surface area contributed by atoms with Gasteiger partial charge in [-0.25, -0.2) is 0 Å². The standard InChI is InChI=1S/C38H60O15/c1-15-8-9-38(48-14-15)32(46)25-22(53-38)12-20-19-7-6-17-10-18(11-23(39)36(17,3)21(19)13-24(40)37(20,25)4)50-34-30(45)28(43)31(35(47-5)52-34)51-33-29(44)27(42)26(41)16(2)49-33/h6,15-16,18-35,39-46H,7-14H2,1-5H3/t15-,16-,18-,19+,20+,21+,22-,23-,24-,25-,26+,27+,28-,29-,30-,31+,32+,33?,34-,35+,36+,37-,38-/m1/s1. The van der Waals surface area contributed by atoms with Crippen LogP contribution in [0.2, 0.25) is 0 Å². The Morgan fingerprint density at radius 3 is 2.19 bits per heavy atom. The van der Waals surface area contributed by atoms with Gasteiger partial charge in [-0.15, -0.1) is 0 Å². The maximum atomic E-state index is 12.0. The molecule has 7 fully saturated rings. The number of aliphatic hydroxyl groups excluding tert-OH is 8. The normalized spacial score (nSPS) is 59.5. The average molecular weight is 757 g/mol. The first-order valence-corrected chi connectivity index (χ1v) is 19.7. The van der Waals surface area contributed by atoms with Gasteiger partial charge in [0.05, 0.1) is 37.1 Å². The van der Waals surface area contributed by atoms with Gasteiger partial charge in [0.15, 0.2) is 24.7 Å². The number of aliphatic hydroxyl groups is 8. The smallest absolute Gasteiger partial charge is 0.195 e. The van der Waals surface area contributed by atoms with Crippen molar-refractivity contribution >= 4 is 0 Å². The molecule has 4 aliphatic carbocycles. The Balaban J connectivity index is 0.950. The molecular weight excluding hydrogens is 696 g/mol. The number of hydrogen-bond donors (Lipinski definition) is 8. The highest BCUT2D eigenvalue weighted by molar-refractivity contribution is 5.29. The van der Waals surface area contributed by atoms with Gasteiger partial charge >= 0.3 is 0 Å². The van der Waals surface area contributed by atoms with Crippen molar-refractivity contribution in [1.82, 2.24) is 0 Å². The molecular formula is C38H60O15. The van der Waals surface area contributed by atoms with Gasteiger partial charge in [0.2, 0.25) is 0 Å². The molecule has 8 rings (SSSR count). The molecule has 23 atom stereocenters. The van der Waals surface area contributed by atoms with E-state index in [1.54, 1.807) is 0 Å². The minimum Gasteiger partial charge on any atom is -0.393 e. The minimum absolute atomic E-state index is 0.0166. The molecule has 0 amide bonds. The molecule has 0 aromatic heterocycles. The van der Waals surface area contributed by atoms with E-state index < -0.39 is 103 Å². The van der Waals surface area contributed by atoms with E-state index in [2.05, 4.69) is 26.8 Å². The van der Waals surface area contributed by atoms with Crippen molar-refractivity contribution in [3.8, 4) is 0 Å². The van der Waals surface area contributed by atoms with E-state index >= 15 is 0 Å². The second-order valence-corrected chi connectivity index (χ2v) is 18.0. The predicted molar refractivity (Wildman–Crippen MR) is 181 cm³/mol. The molecule has 0 aromatic rings. The van der Waals surface area contributed by atoms with Gasteiger partial charge < -0.3 is 74.0 Å². The largest absolute Gasteiger partial charge is 0.393 e. The first-order valence-electron chi connectivity index (χ1n) is 19.7. The zero-order valence-corrected chi connectivity index (χ0v) is 31.2. The fraction of sp³-hybridized carbons (Fsp3) is 0.947. The molecule has 0 aromatic carbocycles. The van der Waals surface area contributed by atoms with E-state index in [-0.39, 0.29) is 36.2 Å². The molecule has 15 nitrogen and oxygen atoms in total. The first-order chi connectivity index (χ1) is 25.0. The number of rotatable bonds is 5. The Hall–Kier alpha value is -0.860. The Labute approximate surface area is 310 Å². The molecule has 4 saturated heterocycles. The van der Waals surface area contributed by atoms with Crippen LogP contribution in [-0.4, -0.2) is 152 Å². The van der Waals surface area contributed by atoms with Gasteiger partial charge in [-0.3, -0.25) is 0 Å². The summed E-state index contributed by atoms with van der Waals surface area (Å²) in [4.78, 5) is 0. The van der Waals surface area contributed by atoms with Crippen molar-refractivity contribution in [3.05, 3.63) is 11.6 Å². The van der Waals surface area contributed by atoms with Crippen LogP contribution in [0.5, 0.6) is 0 Å². The molecule has 0 radical (unpaired) electrons. The molecule has 0 bridgehead atoms. The quantitative estimate of drug-likeness (QED) is 0.168. The maximum Gasteiger partial charge on any atom is 0.195 e. The lowest BCUT2D eigenvalue weighted by atomic mass is 9.45. The van der Waals surface area contributed by atoms with Crippen molar-refractivity contribution in [2.24, 2.45) is 40.4 Å². The van der Waals surface area contributed by atoms with Gasteiger partial charge in [0, 0.05) is 36.7 Å². The lowest BCUT2D eigenvalue weighted by Gasteiger charge is -2.61. The third kappa shape index (κ3) is 5.86. The van der Waals surface area contributed by atoms with E-state index in [0.29, 0.717) is 31.8 Å². The average Bonchev–Trinajstić information content (AvgIpc) is 3.58. The summed E-state index contributed by atoms with van der Waals surface area (Å²) in [7, 11) is 1.32. The van der Waals surface area contributed by atoms with Crippen LogP contribution in [0.25, 0.3) is 0 Å². The SMILES string of the molecule is CO[C@H]1O[C@@H](O[C@@H]2CC3=CC[C@@H]4[C@H](C[C@@H](O)[C@]5(C)[C@@H]6[C@@H](C[C@@H]45)O[C@]4(CC[C@@H](C)CO4)[C@H]6O)[C@@]3(C)[C@H](O)C2)[C@H](O)[C@@H](O)[C@@H]1OC1O[C@H](C)[C@H](O)[C@H](O)[C@H]1O. The zero-order valence-electron chi connectivity index (χ0n) is 31.2. The number of hydrogen-bond acceptors (Lipinski definition) is 15. The van der Waals surface area contributed by atoms with E-state index in [0.717, 1.165) is 24.8 Å². The first kappa shape index (κ1) is 39.0. The van der Waals surface area contributed by atoms with E-state index in [1.807, 2.05) is 0 Å². The van der Waals surface area contributed by atoms with Crippen molar-refractivity contribution in [2.45, 2.75) is 171 Å². The van der Waals surface area contributed by atoms with Gasteiger partial charge in [-0.05, 0) is 62.7 Å². The van der Waals surface area contributed by atoms with Crippen LogP contribution in [-0.2, 0) is 33.2 Å². The lowest BCUT2D eigenvalue weighted by molar-refractivity contribution is -0.389. The van der Waals surface area contributed by atoms with Crippen molar-refractivity contribution in [3.63, 3.8) is 0 Å². The summed E-state index contributed by atoms with van der Waals surface area (Å²) in [5.74, 6) is -0.599. The minimum atomic E-state index is -1.64. The van der Waals surface area contributed by atoms with Gasteiger partial charge in [-0.2, -0.15) is 0 Å². The highest BCUT2D eigenvalue weighted by Gasteiger charge is 2.72. The van der Waals surface area contributed by atoms with Crippen LogP contribution >= 0.6 is 0 Å². The molecule has 4 heterocycles. The molecule has 302 valence electrons. The third-order valence-corrected chi connectivity index (χ3v) is 15.3. The van der Waals surface area contributed by atoms with Crippen LogP contribution in [0.4, 0.5) is 0 Å². The van der Waals surface area contributed by atoms with E-state index in [1.165, 1.54) is 14.0 Å². The fourth-order valence-electron chi connectivity index (χ4n) is 12.0. The van der Waals surface area contributed by atoms with Gasteiger partial charge in [0.25, 0.3) is 0 Å². The van der Waals surface area contributed by atoms with Crippen LogP contribution in [0.3, 0.4) is 0 Å². The van der Waals surface area contributed by atoms with E-state index in [4.69, 9.17) is 33.2 Å². The summed E-state index contributed by atoms with van der Waals surface area (Å²) >= 11 is 0. The second kappa shape index (κ2) is 13.9. The zero-order chi connectivity index (χ0) is 37.9. The topological polar surface area (TPSA) is 226 Å². The summed E-state index contributed by atoms with van der Waals surface area (Å²) in [6.07, 6.45) is -10.8. The molecule has 53 heavy (non-hydrogen) atoms. The summed E-state index contributed by atoms with van der Waals surface area (Å²) in [5.41, 5.74) is -0.185. The van der Waals surface area contributed by atoms with Gasteiger partial charge in [0.1, 0.15) is 42.7 Å². The Bertz CT molecular complexity index is 1370. The maximum absolute atomic E-state index is 12.0. The summed E-state index contributed by atoms with van der Waals surface area (Å²) < 4.78 is 41.7. The second-order valence-electron chi connectivity index (χ2n) is 18.0. The number of allylic oxidation sites excluding steroid dienone is 1. The lowest BCUT2D eigenvalue weighted by Crippen LogP contribution is -2.64. The van der Waals surface area contributed by atoms with Gasteiger partial charge in [-0.1, -0.05) is 32.4 Å². The van der Waals surface area contributed by atoms with E-state index in [9.17, 15) is 40.9 Å². The number of fused-ring (bicyclic) bond motifs is 7. The van der Waals surface area contributed by atoms with Crippen molar-refractivity contribution in [2.75, 3.05) is 13.7 Å². The number of methoxy groups -OCH3 is 1. The Kier molecular flexibility index (Phi) is 10.2. The van der Waals surface area contributed by atoms with Crippen LogP contribution in [0.1, 0.15) is 72.6 Å².